The van der Waals surface area contributed by atoms with Crippen LogP contribution >= 0.6 is 23.5 Å². The standard InChI is InChI=1S/C17H17N3S2/c1-13-18-19-17(20(13)15-6-4-3-5-7-15)22-12-14-8-10-16(21-2)11-9-14/h3-11H,12H2,1-2H3. The van der Waals surface area contributed by atoms with E-state index in [1.54, 1.807) is 23.5 Å². The maximum absolute atomic E-state index is 4.31. The number of benzene rings is 2. The van der Waals surface area contributed by atoms with Crippen molar-refractivity contribution < 1.29 is 0 Å². The van der Waals surface area contributed by atoms with Gasteiger partial charge in [0.2, 0.25) is 0 Å². The highest BCUT2D eigenvalue weighted by Crippen LogP contribution is 2.25. The summed E-state index contributed by atoms with van der Waals surface area (Å²) in [5.41, 5.74) is 2.40. The van der Waals surface area contributed by atoms with Gasteiger partial charge in [-0.05, 0) is 43.0 Å². The number of hydrogen-bond acceptors (Lipinski definition) is 4. The van der Waals surface area contributed by atoms with E-state index in [-0.39, 0.29) is 0 Å². The zero-order valence-corrected chi connectivity index (χ0v) is 14.2. The Morgan fingerprint density at radius 1 is 0.955 bits per heavy atom. The van der Waals surface area contributed by atoms with Crippen molar-refractivity contribution in [1.82, 2.24) is 14.8 Å². The van der Waals surface area contributed by atoms with Gasteiger partial charge in [-0.15, -0.1) is 22.0 Å². The molecule has 0 atom stereocenters. The van der Waals surface area contributed by atoms with Crippen molar-refractivity contribution in [3.05, 3.63) is 66.0 Å². The van der Waals surface area contributed by atoms with Crippen molar-refractivity contribution in [1.29, 1.82) is 0 Å². The van der Waals surface area contributed by atoms with Crippen LogP contribution in [-0.2, 0) is 5.75 Å². The maximum atomic E-state index is 4.31. The molecule has 2 aromatic carbocycles. The SMILES string of the molecule is CSc1ccc(CSc2nnc(C)n2-c2ccccc2)cc1. The molecule has 0 fully saturated rings. The topological polar surface area (TPSA) is 30.7 Å². The zero-order valence-electron chi connectivity index (χ0n) is 12.6. The number of nitrogens with zero attached hydrogens (tertiary/aromatic N) is 3. The Hall–Kier alpha value is -1.72. The highest BCUT2D eigenvalue weighted by atomic mass is 32.2. The first-order chi connectivity index (χ1) is 10.8. The molecular formula is C17H17N3S2. The summed E-state index contributed by atoms with van der Waals surface area (Å²) in [6, 6.07) is 18.9. The van der Waals surface area contributed by atoms with Crippen LogP contribution in [-0.4, -0.2) is 21.0 Å². The van der Waals surface area contributed by atoms with Gasteiger partial charge in [-0.3, -0.25) is 4.57 Å². The van der Waals surface area contributed by atoms with Crippen LogP contribution in [0.25, 0.3) is 5.69 Å². The van der Waals surface area contributed by atoms with Crippen LogP contribution in [0.1, 0.15) is 11.4 Å². The minimum Gasteiger partial charge on any atom is -0.274 e. The molecule has 0 bridgehead atoms. The van der Waals surface area contributed by atoms with Crippen molar-refractivity contribution in [3.63, 3.8) is 0 Å². The quantitative estimate of drug-likeness (QED) is 0.641. The Bertz CT molecular complexity index is 736. The number of aryl methyl sites for hydroxylation is 1. The van der Waals surface area contributed by atoms with Crippen LogP contribution in [0, 0.1) is 6.92 Å². The van der Waals surface area contributed by atoms with Crippen molar-refractivity contribution in [2.45, 2.75) is 22.7 Å². The van der Waals surface area contributed by atoms with E-state index in [9.17, 15) is 0 Å². The normalized spacial score (nSPS) is 10.8. The minimum atomic E-state index is 0.889. The van der Waals surface area contributed by atoms with Gasteiger partial charge < -0.3 is 0 Å². The second-order valence-electron chi connectivity index (χ2n) is 4.84. The average molecular weight is 327 g/mol. The first-order valence-corrected chi connectivity index (χ1v) is 9.22. The third-order valence-electron chi connectivity index (χ3n) is 3.34. The number of aromatic nitrogens is 3. The average Bonchev–Trinajstić information content (AvgIpc) is 2.95. The summed E-state index contributed by atoms with van der Waals surface area (Å²) in [7, 11) is 0. The number of rotatable bonds is 5. The largest absolute Gasteiger partial charge is 0.274 e. The van der Waals surface area contributed by atoms with Crippen LogP contribution in [0.3, 0.4) is 0 Å². The number of hydrogen-bond donors (Lipinski definition) is 0. The molecule has 3 aromatic rings. The molecule has 0 aliphatic carbocycles. The fourth-order valence-corrected chi connectivity index (χ4v) is 3.54. The van der Waals surface area contributed by atoms with E-state index in [2.05, 4.69) is 57.4 Å². The van der Waals surface area contributed by atoms with E-state index < -0.39 is 0 Å². The molecule has 0 spiro atoms. The van der Waals surface area contributed by atoms with Gasteiger partial charge in [0, 0.05) is 16.3 Å². The molecule has 112 valence electrons. The van der Waals surface area contributed by atoms with Gasteiger partial charge in [-0.1, -0.05) is 42.1 Å². The molecule has 0 N–H and O–H groups in total. The minimum absolute atomic E-state index is 0.889. The third kappa shape index (κ3) is 3.36. The Balaban J connectivity index is 1.78. The van der Waals surface area contributed by atoms with Gasteiger partial charge in [0.25, 0.3) is 0 Å². The molecule has 0 amide bonds. The van der Waals surface area contributed by atoms with Gasteiger partial charge in [-0.25, -0.2) is 0 Å². The van der Waals surface area contributed by atoms with Gasteiger partial charge in [0.1, 0.15) is 5.82 Å². The lowest BCUT2D eigenvalue weighted by molar-refractivity contribution is 0.868. The first kappa shape index (κ1) is 15.2. The van der Waals surface area contributed by atoms with Crippen molar-refractivity contribution in [3.8, 4) is 5.69 Å². The fourth-order valence-electron chi connectivity index (χ4n) is 2.18. The van der Waals surface area contributed by atoms with Crippen LogP contribution in [0.4, 0.5) is 0 Å². The monoisotopic (exact) mass is 327 g/mol. The molecule has 1 heterocycles. The van der Waals surface area contributed by atoms with E-state index in [0.717, 1.165) is 22.4 Å². The summed E-state index contributed by atoms with van der Waals surface area (Å²) >= 11 is 3.47. The molecule has 0 aliphatic rings. The van der Waals surface area contributed by atoms with E-state index in [1.165, 1.54) is 10.5 Å². The molecule has 0 radical (unpaired) electrons. The Morgan fingerprint density at radius 3 is 2.36 bits per heavy atom. The van der Waals surface area contributed by atoms with Crippen LogP contribution in [0.5, 0.6) is 0 Å². The van der Waals surface area contributed by atoms with Crippen molar-refractivity contribution in [2.24, 2.45) is 0 Å². The second kappa shape index (κ2) is 7.03. The summed E-state index contributed by atoms with van der Waals surface area (Å²) in [5.74, 6) is 1.80. The maximum Gasteiger partial charge on any atom is 0.196 e. The molecule has 22 heavy (non-hydrogen) atoms. The predicted molar refractivity (Wildman–Crippen MR) is 93.9 cm³/mol. The van der Waals surface area contributed by atoms with E-state index in [4.69, 9.17) is 0 Å². The summed E-state index contributed by atoms with van der Waals surface area (Å²) in [6.07, 6.45) is 2.09. The zero-order chi connectivity index (χ0) is 15.4. The molecule has 3 rings (SSSR count). The van der Waals surface area contributed by atoms with Crippen molar-refractivity contribution >= 4 is 23.5 Å². The van der Waals surface area contributed by atoms with Gasteiger partial charge in [0.05, 0.1) is 0 Å². The molecule has 0 aliphatic heterocycles. The fraction of sp³-hybridized carbons (Fsp3) is 0.176. The lowest BCUT2D eigenvalue weighted by atomic mass is 10.2. The van der Waals surface area contributed by atoms with E-state index in [1.807, 2.05) is 25.1 Å². The lowest BCUT2D eigenvalue weighted by Crippen LogP contribution is -1.98. The van der Waals surface area contributed by atoms with Crippen LogP contribution in [0.15, 0.2) is 64.6 Å². The molecule has 0 unspecified atom stereocenters. The van der Waals surface area contributed by atoms with Gasteiger partial charge in [0.15, 0.2) is 5.16 Å². The van der Waals surface area contributed by atoms with E-state index >= 15 is 0 Å². The van der Waals surface area contributed by atoms with Crippen molar-refractivity contribution in [2.75, 3.05) is 6.26 Å². The predicted octanol–water partition coefficient (Wildman–Crippen LogP) is 4.59. The molecule has 1 aromatic heterocycles. The summed E-state index contributed by atoms with van der Waals surface area (Å²) in [6.45, 7) is 1.98. The molecule has 5 heteroatoms. The van der Waals surface area contributed by atoms with Gasteiger partial charge in [-0.2, -0.15) is 0 Å². The molecule has 0 saturated heterocycles. The summed E-state index contributed by atoms with van der Waals surface area (Å²) in [5, 5.41) is 9.46. The van der Waals surface area contributed by atoms with Crippen LogP contribution in [0.2, 0.25) is 0 Å². The second-order valence-corrected chi connectivity index (χ2v) is 6.66. The van der Waals surface area contributed by atoms with Gasteiger partial charge >= 0.3 is 0 Å². The number of para-hydroxylation sites is 1. The third-order valence-corrected chi connectivity index (χ3v) is 5.08. The molecular weight excluding hydrogens is 310 g/mol. The lowest BCUT2D eigenvalue weighted by Gasteiger charge is -2.08. The highest BCUT2D eigenvalue weighted by Gasteiger charge is 2.11. The smallest absolute Gasteiger partial charge is 0.196 e. The summed E-state index contributed by atoms with van der Waals surface area (Å²) in [4.78, 5) is 1.29. The van der Waals surface area contributed by atoms with E-state index in [0.29, 0.717) is 0 Å². The Kier molecular flexibility index (Phi) is 4.85. The molecule has 3 nitrogen and oxygen atoms in total. The Labute approximate surface area is 139 Å². The summed E-state index contributed by atoms with van der Waals surface area (Å²) < 4.78 is 2.10. The molecule has 0 saturated carbocycles. The highest BCUT2D eigenvalue weighted by molar-refractivity contribution is 7.98. The Morgan fingerprint density at radius 2 is 1.68 bits per heavy atom. The van der Waals surface area contributed by atoms with Crippen LogP contribution < -0.4 is 0 Å². The number of thioether (sulfide) groups is 2. The first-order valence-electron chi connectivity index (χ1n) is 7.01.